The summed E-state index contributed by atoms with van der Waals surface area (Å²) in [5.41, 5.74) is 0.871. The molecule has 4 aromatic rings. The average Bonchev–Trinajstić information content (AvgIpc) is 3.36. The van der Waals surface area contributed by atoms with Crippen molar-refractivity contribution in [2.45, 2.75) is 18.7 Å². The molecule has 0 bridgehead atoms. The van der Waals surface area contributed by atoms with Crippen molar-refractivity contribution < 1.29 is 18.3 Å². The predicted molar refractivity (Wildman–Crippen MR) is 115 cm³/mol. The molecule has 0 fully saturated rings. The van der Waals surface area contributed by atoms with E-state index < -0.39 is 15.9 Å². The van der Waals surface area contributed by atoms with Crippen LogP contribution in [0.2, 0.25) is 0 Å². The molecule has 29 heavy (non-hydrogen) atoms. The number of thiophene rings is 1. The molecule has 0 saturated heterocycles. The van der Waals surface area contributed by atoms with Gasteiger partial charge in [-0.05, 0) is 24.3 Å². The first-order valence-corrected chi connectivity index (χ1v) is 12.0. The molecule has 0 saturated carbocycles. The maximum absolute atomic E-state index is 12.7. The van der Waals surface area contributed by atoms with E-state index in [1.165, 1.54) is 45.2 Å². The lowest BCUT2D eigenvalue weighted by Crippen LogP contribution is -2.30. The average molecular weight is 451 g/mol. The van der Waals surface area contributed by atoms with Gasteiger partial charge < -0.3 is 10.4 Å². The highest BCUT2D eigenvalue weighted by Crippen LogP contribution is 2.31. The van der Waals surface area contributed by atoms with Crippen molar-refractivity contribution in [2.75, 3.05) is 18.4 Å². The van der Waals surface area contributed by atoms with Crippen LogP contribution in [0.1, 0.15) is 23.5 Å². The third kappa shape index (κ3) is 3.39. The molecular weight excluding hydrogens is 432 g/mol. The Labute approximate surface area is 175 Å². The molecule has 2 N–H and O–H groups in total. The molecule has 1 aromatic carbocycles. The molecule has 3 heterocycles. The fraction of sp³-hybridized carbons (Fsp3) is 0.222. The summed E-state index contributed by atoms with van der Waals surface area (Å²) in [5.74, 6) is -0.648. The van der Waals surface area contributed by atoms with Crippen LogP contribution in [0, 0.1) is 0 Å². The molecule has 1 amide bonds. The van der Waals surface area contributed by atoms with E-state index >= 15 is 0 Å². The molecule has 152 valence electrons. The molecule has 4 rings (SSSR count). The van der Waals surface area contributed by atoms with Crippen molar-refractivity contribution in [2.24, 2.45) is 0 Å². The third-order valence-corrected chi connectivity index (χ3v) is 8.34. The number of anilines is 1. The van der Waals surface area contributed by atoms with Gasteiger partial charge in [-0.2, -0.15) is 4.31 Å². The van der Waals surface area contributed by atoms with Crippen molar-refractivity contribution in [3.8, 4) is 5.75 Å². The van der Waals surface area contributed by atoms with E-state index in [2.05, 4.69) is 10.3 Å². The standard InChI is InChI=1S/C18H18N4O4S3/c1-3-21(4-2)29(25,26)11-5-6-14(23)12(9-11)19-16(24)15-10-13-17(28-15)20-18-22(13)7-8-27-18/h5-10,23H,3-4H2,1-2H3,(H,19,24). The number of aromatic nitrogens is 2. The number of aromatic hydroxyl groups is 1. The number of phenols is 1. The number of hydrogen-bond donors (Lipinski definition) is 2. The topological polar surface area (TPSA) is 104 Å². The largest absolute Gasteiger partial charge is 0.506 e. The Morgan fingerprint density at radius 2 is 2.03 bits per heavy atom. The molecule has 0 radical (unpaired) electrons. The van der Waals surface area contributed by atoms with E-state index in [-0.39, 0.29) is 16.3 Å². The van der Waals surface area contributed by atoms with E-state index in [4.69, 9.17) is 0 Å². The Bertz CT molecular complexity index is 1320. The lowest BCUT2D eigenvalue weighted by Gasteiger charge is -2.19. The Morgan fingerprint density at radius 1 is 1.28 bits per heavy atom. The van der Waals surface area contributed by atoms with Gasteiger partial charge in [0, 0.05) is 24.7 Å². The summed E-state index contributed by atoms with van der Waals surface area (Å²) >= 11 is 2.75. The van der Waals surface area contributed by atoms with Crippen LogP contribution in [0.4, 0.5) is 5.69 Å². The van der Waals surface area contributed by atoms with Gasteiger partial charge in [-0.15, -0.1) is 22.7 Å². The van der Waals surface area contributed by atoms with Crippen molar-refractivity contribution in [1.82, 2.24) is 13.7 Å². The van der Waals surface area contributed by atoms with Gasteiger partial charge in [0.05, 0.1) is 21.0 Å². The summed E-state index contributed by atoms with van der Waals surface area (Å²) in [6, 6.07) is 5.60. The van der Waals surface area contributed by atoms with Gasteiger partial charge in [0.2, 0.25) is 10.0 Å². The first kappa shape index (κ1) is 19.8. The minimum Gasteiger partial charge on any atom is -0.506 e. The van der Waals surface area contributed by atoms with Crippen LogP contribution in [0.25, 0.3) is 15.3 Å². The minimum absolute atomic E-state index is 0.0106. The number of fused-ring (bicyclic) bond motifs is 3. The number of hydrogen-bond acceptors (Lipinski definition) is 7. The zero-order valence-electron chi connectivity index (χ0n) is 15.6. The summed E-state index contributed by atoms with van der Waals surface area (Å²) in [5, 5.41) is 14.7. The number of thiazole rings is 1. The highest BCUT2D eigenvalue weighted by atomic mass is 32.2. The number of rotatable bonds is 6. The van der Waals surface area contributed by atoms with Gasteiger partial charge in [0.25, 0.3) is 5.91 Å². The fourth-order valence-electron chi connectivity index (χ4n) is 3.03. The van der Waals surface area contributed by atoms with E-state index in [0.29, 0.717) is 18.0 Å². The second-order valence-corrected chi connectivity index (χ2v) is 10.0. The number of sulfonamides is 1. The number of amides is 1. The smallest absolute Gasteiger partial charge is 0.265 e. The summed E-state index contributed by atoms with van der Waals surface area (Å²) in [6.45, 7) is 4.16. The van der Waals surface area contributed by atoms with E-state index in [0.717, 1.165) is 15.3 Å². The molecule has 8 nitrogen and oxygen atoms in total. The van der Waals surface area contributed by atoms with Crippen LogP contribution < -0.4 is 5.32 Å². The van der Waals surface area contributed by atoms with Gasteiger partial charge in [0.15, 0.2) is 4.96 Å². The van der Waals surface area contributed by atoms with Crippen LogP contribution in [0.3, 0.4) is 0 Å². The van der Waals surface area contributed by atoms with Crippen LogP contribution in [-0.2, 0) is 10.0 Å². The zero-order chi connectivity index (χ0) is 20.8. The van der Waals surface area contributed by atoms with Crippen LogP contribution in [0.15, 0.2) is 40.7 Å². The molecule has 0 spiro atoms. The van der Waals surface area contributed by atoms with Crippen LogP contribution in [-0.4, -0.2) is 46.2 Å². The molecule has 11 heteroatoms. The van der Waals surface area contributed by atoms with Crippen molar-refractivity contribution in [3.63, 3.8) is 0 Å². The molecule has 3 aromatic heterocycles. The van der Waals surface area contributed by atoms with E-state index in [9.17, 15) is 18.3 Å². The molecule has 0 aliphatic heterocycles. The first-order valence-electron chi connectivity index (χ1n) is 8.84. The van der Waals surface area contributed by atoms with Crippen molar-refractivity contribution >= 4 is 59.6 Å². The van der Waals surface area contributed by atoms with Crippen LogP contribution in [0.5, 0.6) is 5.75 Å². The highest BCUT2D eigenvalue weighted by molar-refractivity contribution is 7.89. The summed E-state index contributed by atoms with van der Waals surface area (Å²) in [6.07, 6.45) is 1.89. The Kier molecular flexibility index (Phi) is 5.07. The summed E-state index contributed by atoms with van der Waals surface area (Å²) < 4.78 is 28.7. The van der Waals surface area contributed by atoms with Gasteiger partial charge in [0.1, 0.15) is 10.6 Å². The number of benzene rings is 1. The number of carbonyl (C=O) groups excluding carboxylic acids is 1. The number of nitrogens with zero attached hydrogens (tertiary/aromatic N) is 3. The second kappa shape index (κ2) is 7.41. The molecular formula is C18H18N4O4S3. The lowest BCUT2D eigenvalue weighted by atomic mass is 10.3. The lowest BCUT2D eigenvalue weighted by molar-refractivity contribution is 0.103. The maximum atomic E-state index is 12.7. The Balaban J connectivity index is 1.65. The number of nitrogens with one attached hydrogen (secondary N) is 1. The van der Waals surface area contributed by atoms with Gasteiger partial charge in [-0.1, -0.05) is 13.8 Å². The van der Waals surface area contributed by atoms with Crippen LogP contribution >= 0.6 is 22.7 Å². The maximum Gasteiger partial charge on any atom is 0.265 e. The van der Waals surface area contributed by atoms with Gasteiger partial charge >= 0.3 is 0 Å². The van der Waals surface area contributed by atoms with Crippen molar-refractivity contribution in [1.29, 1.82) is 0 Å². The third-order valence-electron chi connectivity index (χ3n) is 4.52. The number of phenolic OH excluding ortho intramolecular Hbond substituents is 1. The zero-order valence-corrected chi connectivity index (χ0v) is 18.1. The van der Waals surface area contributed by atoms with E-state index in [1.54, 1.807) is 19.9 Å². The van der Waals surface area contributed by atoms with Gasteiger partial charge in [-0.3, -0.25) is 9.20 Å². The predicted octanol–water partition coefficient (Wildman–Crippen LogP) is 3.60. The first-order chi connectivity index (χ1) is 13.8. The minimum atomic E-state index is -3.71. The highest BCUT2D eigenvalue weighted by Gasteiger charge is 2.23. The SMILES string of the molecule is CCN(CC)S(=O)(=O)c1ccc(O)c(NC(=O)c2cc3c(nc4sccn43)s2)c1. The fourth-order valence-corrected chi connectivity index (χ4v) is 6.21. The molecule has 0 unspecified atom stereocenters. The van der Waals surface area contributed by atoms with E-state index in [1.807, 2.05) is 16.0 Å². The second-order valence-electron chi connectivity index (χ2n) is 6.19. The molecule has 0 atom stereocenters. The quantitative estimate of drug-likeness (QED) is 0.437. The van der Waals surface area contributed by atoms with Gasteiger partial charge in [-0.25, -0.2) is 13.4 Å². The number of imidazole rings is 1. The molecule has 0 aliphatic carbocycles. The monoisotopic (exact) mass is 450 g/mol. The Morgan fingerprint density at radius 3 is 2.76 bits per heavy atom. The summed E-state index contributed by atoms with van der Waals surface area (Å²) in [4.78, 5) is 19.2. The Hall–Kier alpha value is -2.47. The van der Waals surface area contributed by atoms with Crippen molar-refractivity contribution in [3.05, 3.63) is 40.7 Å². The molecule has 0 aliphatic rings. The number of carbonyl (C=O) groups is 1. The normalized spacial score (nSPS) is 12.2. The summed E-state index contributed by atoms with van der Waals surface area (Å²) in [7, 11) is -3.71.